The van der Waals surface area contributed by atoms with Crippen LogP contribution in [-0.2, 0) is 0 Å². The number of anilines is 2. The molecular weight excluding hydrogens is 240 g/mol. The molecule has 0 amide bonds. The van der Waals surface area contributed by atoms with E-state index in [0.29, 0.717) is 0 Å². The van der Waals surface area contributed by atoms with Crippen molar-refractivity contribution in [2.24, 2.45) is 0 Å². The molecule has 1 heterocycles. The third-order valence-corrected chi connectivity index (χ3v) is 4.33. The van der Waals surface area contributed by atoms with E-state index in [1.165, 1.54) is 25.9 Å². The fraction of sp³-hybridized carbons (Fsp3) is 0.200. The van der Waals surface area contributed by atoms with Gasteiger partial charge in [0.05, 0.1) is 10.4 Å². The minimum absolute atomic E-state index is 0.865. The molecule has 0 atom stereocenters. The number of benzene rings is 2. The van der Waals surface area contributed by atoms with Crippen LogP contribution in [0, 0.1) is 0 Å². The van der Waals surface area contributed by atoms with Gasteiger partial charge < -0.3 is 11.1 Å². The predicted octanol–water partition coefficient (Wildman–Crippen LogP) is 4.46. The highest BCUT2D eigenvalue weighted by atomic mass is 32.1. The van der Waals surface area contributed by atoms with Crippen LogP contribution >= 0.6 is 11.3 Å². The van der Waals surface area contributed by atoms with Crippen LogP contribution in [0.15, 0.2) is 36.4 Å². The number of hydrogen-bond acceptors (Lipinski definition) is 3. The van der Waals surface area contributed by atoms with E-state index in [-0.39, 0.29) is 0 Å². The highest BCUT2D eigenvalue weighted by molar-refractivity contribution is 7.26. The van der Waals surface area contributed by atoms with Gasteiger partial charge in [0.1, 0.15) is 0 Å². The molecule has 0 aliphatic rings. The minimum atomic E-state index is 0.865. The molecule has 2 nitrogen and oxygen atoms in total. The van der Waals surface area contributed by atoms with Crippen molar-refractivity contribution in [2.45, 2.75) is 13.3 Å². The summed E-state index contributed by atoms with van der Waals surface area (Å²) in [5, 5.41) is 5.93. The summed E-state index contributed by atoms with van der Waals surface area (Å²) >= 11 is 1.81. The molecule has 3 aromatic rings. The Hall–Kier alpha value is -1.74. The van der Waals surface area contributed by atoms with Crippen molar-refractivity contribution in [3.8, 4) is 0 Å². The maximum Gasteiger partial charge on any atom is 0.0607 e. The van der Waals surface area contributed by atoms with E-state index in [1.54, 1.807) is 0 Å². The molecule has 0 unspecified atom stereocenters. The average Bonchev–Trinajstić information content (AvgIpc) is 2.78. The summed E-state index contributed by atoms with van der Waals surface area (Å²) in [5.41, 5.74) is 8.20. The van der Waals surface area contributed by atoms with Gasteiger partial charge in [0.15, 0.2) is 0 Å². The Morgan fingerprint density at radius 2 is 2.00 bits per heavy atom. The zero-order chi connectivity index (χ0) is 12.5. The lowest BCUT2D eigenvalue weighted by Gasteiger charge is -2.07. The summed E-state index contributed by atoms with van der Waals surface area (Å²) in [5.74, 6) is 0. The van der Waals surface area contributed by atoms with Crippen LogP contribution in [0.5, 0.6) is 0 Å². The van der Waals surface area contributed by atoms with E-state index >= 15 is 0 Å². The first-order chi connectivity index (χ1) is 8.81. The Morgan fingerprint density at radius 1 is 1.17 bits per heavy atom. The highest BCUT2D eigenvalue weighted by Gasteiger charge is 2.10. The van der Waals surface area contributed by atoms with E-state index in [9.17, 15) is 0 Å². The van der Waals surface area contributed by atoms with Gasteiger partial charge in [-0.1, -0.05) is 25.1 Å². The van der Waals surface area contributed by atoms with Crippen molar-refractivity contribution in [3.05, 3.63) is 36.4 Å². The standard InChI is InChI=1S/C15H16N2S/c1-2-9-17-12-8-7-11(16)14-10-5-3-4-6-13(10)18-15(12)14/h3-8,17H,2,9,16H2,1H3. The van der Waals surface area contributed by atoms with Gasteiger partial charge in [-0.15, -0.1) is 11.3 Å². The van der Waals surface area contributed by atoms with Gasteiger partial charge in [-0.05, 0) is 24.6 Å². The van der Waals surface area contributed by atoms with E-state index < -0.39 is 0 Å². The summed E-state index contributed by atoms with van der Waals surface area (Å²) in [4.78, 5) is 0. The molecule has 0 aliphatic carbocycles. The van der Waals surface area contributed by atoms with Gasteiger partial charge in [0.25, 0.3) is 0 Å². The minimum Gasteiger partial charge on any atom is -0.398 e. The monoisotopic (exact) mass is 256 g/mol. The maximum absolute atomic E-state index is 6.14. The van der Waals surface area contributed by atoms with Gasteiger partial charge in [-0.2, -0.15) is 0 Å². The van der Waals surface area contributed by atoms with Crippen LogP contribution in [0.3, 0.4) is 0 Å². The van der Waals surface area contributed by atoms with Crippen molar-refractivity contribution < 1.29 is 0 Å². The van der Waals surface area contributed by atoms with Gasteiger partial charge in [-0.25, -0.2) is 0 Å². The van der Waals surface area contributed by atoms with Crippen LogP contribution in [0.25, 0.3) is 20.2 Å². The predicted molar refractivity (Wildman–Crippen MR) is 82.5 cm³/mol. The largest absolute Gasteiger partial charge is 0.398 e. The lowest BCUT2D eigenvalue weighted by atomic mass is 10.1. The second-order valence-electron chi connectivity index (χ2n) is 4.43. The normalized spacial score (nSPS) is 11.2. The molecule has 0 fully saturated rings. The molecule has 0 radical (unpaired) electrons. The van der Waals surface area contributed by atoms with Crippen LogP contribution in [0.4, 0.5) is 11.4 Å². The van der Waals surface area contributed by atoms with E-state index in [0.717, 1.165) is 18.7 Å². The Bertz CT molecular complexity index is 700. The Morgan fingerprint density at radius 3 is 2.83 bits per heavy atom. The van der Waals surface area contributed by atoms with E-state index in [2.05, 4.69) is 42.6 Å². The quantitative estimate of drug-likeness (QED) is 0.679. The van der Waals surface area contributed by atoms with E-state index in [4.69, 9.17) is 5.73 Å². The number of nitrogen functional groups attached to an aromatic ring is 1. The van der Waals surface area contributed by atoms with Gasteiger partial charge in [0, 0.05) is 27.7 Å². The molecule has 1 aromatic heterocycles. The summed E-state index contributed by atoms with van der Waals surface area (Å²) in [7, 11) is 0. The Kier molecular flexibility index (Phi) is 2.84. The lowest BCUT2D eigenvalue weighted by Crippen LogP contribution is -1.99. The van der Waals surface area contributed by atoms with Crippen LogP contribution in [0.2, 0.25) is 0 Å². The zero-order valence-corrected chi connectivity index (χ0v) is 11.2. The molecule has 0 spiro atoms. The molecule has 18 heavy (non-hydrogen) atoms. The molecule has 3 rings (SSSR count). The molecule has 2 aromatic carbocycles. The maximum atomic E-state index is 6.14. The van der Waals surface area contributed by atoms with Crippen molar-refractivity contribution in [3.63, 3.8) is 0 Å². The lowest BCUT2D eigenvalue weighted by molar-refractivity contribution is 0.982. The molecule has 0 aliphatic heterocycles. The van der Waals surface area contributed by atoms with Gasteiger partial charge >= 0.3 is 0 Å². The highest BCUT2D eigenvalue weighted by Crippen LogP contribution is 2.41. The van der Waals surface area contributed by atoms with Crippen molar-refractivity contribution >= 4 is 42.9 Å². The molecule has 0 saturated heterocycles. The first-order valence-corrected chi connectivity index (χ1v) is 7.06. The number of rotatable bonds is 3. The van der Waals surface area contributed by atoms with Crippen molar-refractivity contribution in [2.75, 3.05) is 17.6 Å². The topological polar surface area (TPSA) is 38.0 Å². The summed E-state index contributed by atoms with van der Waals surface area (Å²) in [6.45, 7) is 3.17. The molecule has 0 saturated carbocycles. The van der Waals surface area contributed by atoms with Crippen LogP contribution < -0.4 is 11.1 Å². The second kappa shape index (κ2) is 4.50. The third kappa shape index (κ3) is 1.71. The Labute approximate surface area is 110 Å². The van der Waals surface area contributed by atoms with Crippen LogP contribution in [0.1, 0.15) is 13.3 Å². The van der Waals surface area contributed by atoms with Crippen molar-refractivity contribution in [1.29, 1.82) is 0 Å². The number of thiophene rings is 1. The van der Waals surface area contributed by atoms with Crippen molar-refractivity contribution in [1.82, 2.24) is 0 Å². The Balaban J connectivity index is 2.31. The number of hydrogen-bond donors (Lipinski definition) is 2. The fourth-order valence-electron chi connectivity index (χ4n) is 2.25. The molecular formula is C15H16N2S. The second-order valence-corrected chi connectivity index (χ2v) is 5.48. The molecule has 92 valence electrons. The molecule has 0 bridgehead atoms. The first-order valence-electron chi connectivity index (χ1n) is 6.25. The summed E-state index contributed by atoms with van der Waals surface area (Å²) in [6, 6.07) is 12.5. The van der Waals surface area contributed by atoms with Crippen LogP contribution in [-0.4, -0.2) is 6.54 Å². The number of nitrogens with one attached hydrogen (secondary N) is 1. The third-order valence-electron chi connectivity index (χ3n) is 3.12. The summed E-state index contributed by atoms with van der Waals surface area (Å²) < 4.78 is 2.56. The van der Waals surface area contributed by atoms with Gasteiger partial charge in [-0.3, -0.25) is 0 Å². The molecule has 3 heteroatoms. The SMILES string of the molecule is CCCNc1ccc(N)c2c1sc1ccccc12. The summed E-state index contributed by atoms with van der Waals surface area (Å²) in [6.07, 6.45) is 1.12. The van der Waals surface area contributed by atoms with E-state index in [1.807, 2.05) is 17.4 Å². The fourth-order valence-corrected chi connectivity index (χ4v) is 3.48. The number of nitrogens with two attached hydrogens (primary N) is 1. The van der Waals surface area contributed by atoms with Gasteiger partial charge in [0.2, 0.25) is 0 Å². The smallest absolute Gasteiger partial charge is 0.0607 e. The molecule has 3 N–H and O–H groups in total. The average molecular weight is 256 g/mol. The number of fused-ring (bicyclic) bond motifs is 3. The zero-order valence-electron chi connectivity index (χ0n) is 10.4. The first kappa shape index (κ1) is 11.4.